The third-order valence-electron chi connectivity index (χ3n) is 3.39. The molecule has 0 aliphatic carbocycles. The van der Waals surface area contributed by atoms with Crippen LogP contribution in [0, 0.1) is 12.7 Å². The monoisotopic (exact) mass is 287 g/mol. The van der Waals surface area contributed by atoms with Crippen LogP contribution in [-0.4, -0.2) is 13.2 Å². The average molecular weight is 287 g/mol. The molecule has 0 aliphatic rings. The summed E-state index contributed by atoms with van der Waals surface area (Å²) in [6, 6.07) is 11.4. The molecular weight excluding hydrogens is 265 g/mol. The second kappa shape index (κ2) is 6.72. The molecule has 2 nitrogen and oxygen atoms in total. The molecule has 0 fully saturated rings. The minimum Gasteiger partial charge on any atom is -0.496 e. The standard InChI is InChI=1S/C18H22FNO/c1-12(2)20-11-14-6-7-17(19)15(10-14)16-9-13(3)5-8-18(16)21-4/h5-10,12,20H,11H2,1-4H3. The first-order chi connectivity index (χ1) is 10.0. The zero-order chi connectivity index (χ0) is 15.4. The molecule has 0 amide bonds. The lowest BCUT2D eigenvalue weighted by Gasteiger charge is -2.13. The number of ether oxygens (including phenoxy) is 1. The van der Waals surface area contributed by atoms with Crippen LogP contribution >= 0.6 is 0 Å². The Hall–Kier alpha value is -1.87. The van der Waals surface area contributed by atoms with Gasteiger partial charge in [0.05, 0.1) is 7.11 Å². The zero-order valence-corrected chi connectivity index (χ0v) is 13.0. The zero-order valence-electron chi connectivity index (χ0n) is 13.0. The van der Waals surface area contributed by atoms with Crippen molar-refractivity contribution in [2.45, 2.75) is 33.4 Å². The highest BCUT2D eigenvalue weighted by Gasteiger charge is 2.12. The maximum absolute atomic E-state index is 14.2. The molecule has 0 aromatic heterocycles. The summed E-state index contributed by atoms with van der Waals surface area (Å²) in [4.78, 5) is 0. The van der Waals surface area contributed by atoms with E-state index in [9.17, 15) is 4.39 Å². The molecule has 1 N–H and O–H groups in total. The van der Waals surface area contributed by atoms with E-state index in [2.05, 4.69) is 19.2 Å². The van der Waals surface area contributed by atoms with Crippen LogP contribution in [0.2, 0.25) is 0 Å². The molecule has 0 unspecified atom stereocenters. The van der Waals surface area contributed by atoms with E-state index in [0.29, 0.717) is 17.4 Å². The first-order valence-corrected chi connectivity index (χ1v) is 7.18. The topological polar surface area (TPSA) is 21.3 Å². The largest absolute Gasteiger partial charge is 0.496 e. The molecule has 3 heteroatoms. The predicted molar refractivity (Wildman–Crippen MR) is 85.1 cm³/mol. The van der Waals surface area contributed by atoms with Gasteiger partial charge in [0.1, 0.15) is 11.6 Å². The number of hydrogen-bond acceptors (Lipinski definition) is 2. The van der Waals surface area contributed by atoms with Gasteiger partial charge in [-0.2, -0.15) is 0 Å². The van der Waals surface area contributed by atoms with E-state index < -0.39 is 0 Å². The van der Waals surface area contributed by atoms with Crippen molar-refractivity contribution in [3.63, 3.8) is 0 Å². The van der Waals surface area contributed by atoms with Crippen LogP contribution in [0.5, 0.6) is 5.75 Å². The molecule has 2 rings (SSSR count). The van der Waals surface area contributed by atoms with E-state index in [-0.39, 0.29) is 5.82 Å². The molecule has 112 valence electrons. The van der Waals surface area contributed by atoms with Gasteiger partial charge in [0.2, 0.25) is 0 Å². The van der Waals surface area contributed by atoms with Crippen molar-refractivity contribution in [3.8, 4) is 16.9 Å². The molecule has 0 saturated carbocycles. The fourth-order valence-electron chi connectivity index (χ4n) is 2.24. The van der Waals surface area contributed by atoms with Gasteiger partial charge >= 0.3 is 0 Å². The third kappa shape index (κ3) is 3.82. The molecule has 0 spiro atoms. The lowest BCUT2D eigenvalue weighted by Crippen LogP contribution is -2.21. The van der Waals surface area contributed by atoms with Gasteiger partial charge in [-0.25, -0.2) is 4.39 Å². The minimum absolute atomic E-state index is 0.229. The summed E-state index contributed by atoms with van der Waals surface area (Å²) in [7, 11) is 1.61. The lowest BCUT2D eigenvalue weighted by molar-refractivity contribution is 0.416. The Morgan fingerprint density at radius 3 is 2.52 bits per heavy atom. The summed E-state index contributed by atoms with van der Waals surface area (Å²) in [5, 5.41) is 3.35. The maximum atomic E-state index is 14.2. The van der Waals surface area contributed by atoms with Crippen LogP contribution < -0.4 is 10.1 Å². The van der Waals surface area contributed by atoms with Crippen LogP contribution in [0.4, 0.5) is 4.39 Å². The first kappa shape index (κ1) is 15.5. The highest BCUT2D eigenvalue weighted by atomic mass is 19.1. The molecule has 2 aromatic rings. The van der Waals surface area contributed by atoms with E-state index >= 15 is 0 Å². The van der Waals surface area contributed by atoms with Crippen LogP contribution in [0.15, 0.2) is 36.4 Å². The molecule has 0 heterocycles. The Labute approximate surface area is 126 Å². The van der Waals surface area contributed by atoms with Gasteiger partial charge < -0.3 is 10.1 Å². The van der Waals surface area contributed by atoms with E-state index in [1.807, 2.05) is 37.3 Å². The number of methoxy groups -OCH3 is 1. The molecule has 0 atom stereocenters. The van der Waals surface area contributed by atoms with Crippen molar-refractivity contribution in [1.29, 1.82) is 0 Å². The summed E-state index contributed by atoms with van der Waals surface area (Å²) >= 11 is 0. The van der Waals surface area contributed by atoms with Gasteiger partial charge in [-0.15, -0.1) is 0 Å². The van der Waals surface area contributed by atoms with Gasteiger partial charge in [0.25, 0.3) is 0 Å². The number of nitrogens with one attached hydrogen (secondary N) is 1. The Morgan fingerprint density at radius 2 is 1.86 bits per heavy atom. The Kier molecular flexibility index (Phi) is 4.97. The first-order valence-electron chi connectivity index (χ1n) is 7.18. The van der Waals surface area contributed by atoms with Gasteiger partial charge in [-0.05, 0) is 36.8 Å². The molecule has 0 radical (unpaired) electrons. The van der Waals surface area contributed by atoms with E-state index in [0.717, 1.165) is 23.2 Å². The summed E-state index contributed by atoms with van der Waals surface area (Å²) in [6.07, 6.45) is 0. The lowest BCUT2D eigenvalue weighted by atomic mass is 9.99. The normalized spacial score (nSPS) is 11.0. The second-order valence-corrected chi connectivity index (χ2v) is 5.55. The average Bonchev–Trinajstić information content (AvgIpc) is 2.46. The van der Waals surface area contributed by atoms with E-state index in [4.69, 9.17) is 4.74 Å². The number of benzene rings is 2. The summed E-state index contributed by atoms with van der Waals surface area (Å²) in [5.74, 6) is 0.459. The minimum atomic E-state index is -0.229. The van der Waals surface area contributed by atoms with Crippen LogP contribution in [0.1, 0.15) is 25.0 Å². The summed E-state index contributed by atoms with van der Waals surface area (Å²) in [6.45, 7) is 6.89. The molecule has 21 heavy (non-hydrogen) atoms. The van der Waals surface area contributed by atoms with Gasteiger partial charge in [-0.3, -0.25) is 0 Å². The van der Waals surface area contributed by atoms with Crippen LogP contribution in [0.3, 0.4) is 0 Å². The van der Waals surface area contributed by atoms with E-state index in [1.165, 1.54) is 6.07 Å². The SMILES string of the molecule is COc1ccc(C)cc1-c1cc(CNC(C)C)ccc1F. The van der Waals surface area contributed by atoms with Crippen molar-refractivity contribution in [2.24, 2.45) is 0 Å². The summed E-state index contributed by atoms with van der Waals surface area (Å²) in [5.41, 5.74) is 3.51. The van der Waals surface area contributed by atoms with Crippen molar-refractivity contribution >= 4 is 0 Å². The van der Waals surface area contributed by atoms with Gasteiger partial charge in [0, 0.05) is 23.7 Å². The van der Waals surface area contributed by atoms with Crippen molar-refractivity contribution < 1.29 is 9.13 Å². The van der Waals surface area contributed by atoms with E-state index in [1.54, 1.807) is 7.11 Å². The second-order valence-electron chi connectivity index (χ2n) is 5.55. The molecule has 2 aromatic carbocycles. The maximum Gasteiger partial charge on any atom is 0.131 e. The molecule has 0 bridgehead atoms. The predicted octanol–water partition coefficient (Wildman–Crippen LogP) is 4.31. The highest BCUT2D eigenvalue weighted by molar-refractivity contribution is 5.72. The quantitative estimate of drug-likeness (QED) is 0.885. The molecule has 0 saturated heterocycles. The fraction of sp³-hybridized carbons (Fsp3) is 0.333. The van der Waals surface area contributed by atoms with Gasteiger partial charge in [-0.1, -0.05) is 31.5 Å². The Balaban J connectivity index is 2.43. The van der Waals surface area contributed by atoms with Crippen molar-refractivity contribution in [2.75, 3.05) is 7.11 Å². The fourth-order valence-corrected chi connectivity index (χ4v) is 2.24. The Morgan fingerprint density at radius 1 is 1.10 bits per heavy atom. The number of hydrogen-bond donors (Lipinski definition) is 1. The highest BCUT2D eigenvalue weighted by Crippen LogP contribution is 2.33. The van der Waals surface area contributed by atoms with Crippen LogP contribution in [-0.2, 0) is 6.54 Å². The molecular formula is C18H22FNO. The Bertz CT molecular complexity index is 623. The number of rotatable bonds is 5. The smallest absolute Gasteiger partial charge is 0.131 e. The number of aryl methyl sites for hydroxylation is 1. The number of halogens is 1. The van der Waals surface area contributed by atoms with Crippen LogP contribution in [0.25, 0.3) is 11.1 Å². The van der Waals surface area contributed by atoms with Crippen molar-refractivity contribution in [1.82, 2.24) is 5.32 Å². The summed E-state index contributed by atoms with van der Waals surface area (Å²) < 4.78 is 19.6. The van der Waals surface area contributed by atoms with Crippen molar-refractivity contribution in [3.05, 3.63) is 53.3 Å². The third-order valence-corrected chi connectivity index (χ3v) is 3.39. The molecule has 0 aliphatic heterocycles. The van der Waals surface area contributed by atoms with Gasteiger partial charge in [0.15, 0.2) is 0 Å².